The number of aromatic hydroxyl groups is 2. The molecular formula is C20H21NO2. The second-order valence-corrected chi connectivity index (χ2v) is 6.52. The van der Waals surface area contributed by atoms with Crippen LogP contribution in [0.3, 0.4) is 0 Å². The third-order valence-electron chi connectivity index (χ3n) is 5.23. The second-order valence-electron chi connectivity index (χ2n) is 6.52. The zero-order valence-corrected chi connectivity index (χ0v) is 13.2. The Labute approximate surface area is 136 Å². The van der Waals surface area contributed by atoms with Gasteiger partial charge in [-0.05, 0) is 72.7 Å². The Hall–Kier alpha value is -2.26. The Morgan fingerprint density at radius 3 is 2.78 bits per heavy atom. The summed E-state index contributed by atoms with van der Waals surface area (Å²) in [5.41, 5.74) is 6.10. The van der Waals surface area contributed by atoms with Crippen molar-refractivity contribution >= 4 is 6.08 Å². The van der Waals surface area contributed by atoms with Gasteiger partial charge in [0, 0.05) is 5.56 Å². The summed E-state index contributed by atoms with van der Waals surface area (Å²) in [6.45, 7) is 0. The van der Waals surface area contributed by atoms with Gasteiger partial charge in [0.05, 0.1) is 6.04 Å². The van der Waals surface area contributed by atoms with Gasteiger partial charge < -0.3 is 15.5 Å². The molecule has 118 valence electrons. The van der Waals surface area contributed by atoms with Crippen LogP contribution in [0.1, 0.15) is 46.2 Å². The third kappa shape index (κ3) is 2.32. The van der Waals surface area contributed by atoms with Gasteiger partial charge in [0.25, 0.3) is 0 Å². The smallest absolute Gasteiger partial charge is 0.123 e. The first-order valence-corrected chi connectivity index (χ1v) is 8.19. The molecule has 2 unspecified atom stereocenters. The maximum absolute atomic E-state index is 10.1. The SMILES string of the molecule is CNC1C=Cc2c(O)ccc(C3CCc4cc(O)ccc4C3)c21. The molecule has 3 nitrogen and oxygen atoms in total. The summed E-state index contributed by atoms with van der Waals surface area (Å²) in [6, 6.07) is 9.80. The molecule has 2 aromatic carbocycles. The van der Waals surface area contributed by atoms with Gasteiger partial charge in [-0.25, -0.2) is 0 Å². The van der Waals surface area contributed by atoms with Crippen LogP contribution >= 0.6 is 0 Å². The Balaban J connectivity index is 1.73. The van der Waals surface area contributed by atoms with E-state index < -0.39 is 0 Å². The lowest BCUT2D eigenvalue weighted by molar-refractivity contribution is 0.469. The quantitative estimate of drug-likeness (QED) is 0.793. The predicted octanol–water partition coefficient (Wildman–Crippen LogP) is 3.66. The third-order valence-corrected chi connectivity index (χ3v) is 5.23. The van der Waals surface area contributed by atoms with Crippen LogP contribution < -0.4 is 5.32 Å². The van der Waals surface area contributed by atoms with Gasteiger partial charge in [0.1, 0.15) is 11.5 Å². The van der Waals surface area contributed by atoms with Crippen LogP contribution in [0.25, 0.3) is 6.08 Å². The van der Waals surface area contributed by atoms with Gasteiger partial charge in [0.15, 0.2) is 0 Å². The highest BCUT2D eigenvalue weighted by Gasteiger charge is 2.28. The van der Waals surface area contributed by atoms with Gasteiger partial charge in [-0.2, -0.15) is 0 Å². The van der Waals surface area contributed by atoms with E-state index in [2.05, 4.69) is 17.5 Å². The molecule has 23 heavy (non-hydrogen) atoms. The first-order chi connectivity index (χ1) is 11.2. The Morgan fingerprint density at radius 2 is 1.96 bits per heavy atom. The van der Waals surface area contributed by atoms with Crippen LogP contribution in [0, 0.1) is 0 Å². The molecular weight excluding hydrogens is 286 g/mol. The van der Waals surface area contributed by atoms with Crippen molar-refractivity contribution in [3.63, 3.8) is 0 Å². The molecule has 0 radical (unpaired) electrons. The fourth-order valence-electron chi connectivity index (χ4n) is 4.06. The van der Waals surface area contributed by atoms with Crippen molar-refractivity contribution in [2.45, 2.75) is 31.2 Å². The second kappa shape index (κ2) is 5.43. The number of aryl methyl sites for hydroxylation is 1. The number of benzene rings is 2. The first kappa shape index (κ1) is 14.3. The van der Waals surface area contributed by atoms with Crippen molar-refractivity contribution in [1.82, 2.24) is 5.32 Å². The minimum atomic E-state index is 0.174. The van der Waals surface area contributed by atoms with E-state index in [1.54, 1.807) is 6.07 Å². The first-order valence-electron chi connectivity index (χ1n) is 8.19. The summed E-state index contributed by atoms with van der Waals surface area (Å²) < 4.78 is 0. The number of likely N-dealkylation sites (N-methyl/N-ethyl adjacent to an activating group) is 1. The van der Waals surface area contributed by atoms with E-state index in [-0.39, 0.29) is 6.04 Å². The molecule has 0 amide bonds. The summed E-state index contributed by atoms with van der Waals surface area (Å²) in [4.78, 5) is 0. The average Bonchev–Trinajstić information content (AvgIpc) is 3.00. The van der Waals surface area contributed by atoms with Gasteiger partial charge in [-0.1, -0.05) is 24.3 Å². The fraction of sp³-hybridized carbons (Fsp3) is 0.300. The van der Waals surface area contributed by atoms with Crippen LogP contribution in [0.15, 0.2) is 36.4 Å². The number of hydrogen-bond donors (Lipinski definition) is 3. The van der Waals surface area contributed by atoms with Crippen LogP contribution in [0.4, 0.5) is 0 Å². The number of fused-ring (bicyclic) bond motifs is 2. The maximum Gasteiger partial charge on any atom is 0.123 e. The van der Waals surface area contributed by atoms with E-state index in [1.165, 1.54) is 22.3 Å². The molecule has 3 heteroatoms. The molecule has 2 aliphatic rings. The number of rotatable bonds is 2. The predicted molar refractivity (Wildman–Crippen MR) is 91.8 cm³/mol. The van der Waals surface area contributed by atoms with Crippen molar-refractivity contribution < 1.29 is 10.2 Å². The van der Waals surface area contributed by atoms with Crippen molar-refractivity contribution in [3.8, 4) is 11.5 Å². The molecule has 3 N–H and O–H groups in total. The number of nitrogens with one attached hydrogen (secondary N) is 1. The molecule has 4 rings (SSSR count). The Morgan fingerprint density at radius 1 is 1.09 bits per heavy atom. The number of hydrogen-bond acceptors (Lipinski definition) is 3. The molecule has 0 saturated carbocycles. The Kier molecular flexibility index (Phi) is 3.38. The lowest BCUT2D eigenvalue weighted by atomic mass is 9.77. The van der Waals surface area contributed by atoms with E-state index in [0.29, 0.717) is 17.4 Å². The molecule has 0 aliphatic heterocycles. The molecule has 2 aromatic rings. The van der Waals surface area contributed by atoms with Crippen molar-refractivity contribution in [1.29, 1.82) is 0 Å². The van der Waals surface area contributed by atoms with Crippen molar-refractivity contribution in [2.24, 2.45) is 0 Å². The fourth-order valence-corrected chi connectivity index (χ4v) is 4.06. The highest BCUT2D eigenvalue weighted by Crippen LogP contribution is 2.43. The van der Waals surface area contributed by atoms with Crippen LogP contribution in [-0.2, 0) is 12.8 Å². The lowest BCUT2D eigenvalue weighted by Crippen LogP contribution is -2.19. The summed E-state index contributed by atoms with van der Waals surface area (Å²) in [7, 11) is 1.96. The van der Waals surface area contributed by atoms with E-state index >= 15 is 0 Å². The average molecular weight is 307 g/mol. The monoisotopic (exact) mass is 307 g/mol. The van der Waals surface area contributed by atoms with E-state index in [0.717, 1.165) is 24.8 Å². The van der Waals surface area contributed by atoms with E-state index in [9.17, 15) is 10.2 Å². The zero-order valence-electron chi connectivity index (χ0n) is 13.2. The highest BCUT2D eigenvalue weighted by atomic mass is 16.3. The summed E-state index contributed by atoms with van der Waals surface area (Å²) in [5.74, 6) is 1.17. The molecule has 2 aliphatic carbocycles. The largest absolute Gasteiger partial charge is 0.508 e. The Bertz CT molecular complexity index is 794. The van der Waals surface area contributed by atoms with Crippen molar-refractivity contribution in [3.05, 3.63) is 64.2 Å². The van der Waals surface area contributed by atoms with Gasteiger partial charge >= 0.3 is 0 Å². The zero-order chi connectivity index (χ0) is 16.0. The molecule has 0 bridgehead atoms. The minimum Gasteiger partial charge on any atom is -0.508 e. The van der Waals surface area contributed by atoms with Gasteiger partial charge in [-0.3, -0.25) is 0 Å². The summed E-state index contributed by atoms with van der Waals surface area (Å²) in [5, 5.41) is 23.1. The number of phenolic OH excluding ortho intramolecular Hbond substituents is 2. The van der Waals surface area contributed by atoms with E-state index in [4.69, 9.17) is 0 Å². The summed E-state index contributed by atoms with van der Waals surface area (Å²) >= 11 is 0. The molecule has 0 saturated heterocycles. The minimum absolute atomic E-state index is 0.174. The van der Waals surface area contributed by atoms with Gasteiger partial charge in [0.2, 0.25) is 0 Å². The summed E-state index contributed by atoms with van der Waals surface area (Å²) in [6.07, 6.45) is 7.18. The normalized spacial score (nSPS) is 22.0. The number of phenols is 2. The highest BCUT2D eigenvalue weighted by molar-refractivity contribution is 5.70. The van der Waals surface area contributed by atoms with Crippen LogP contribution in [-0.4, -0.2) is 17.3 Å². The molecule has 0 spiro atoms. The standard InChI is InChI=1S/C20H21NO2/c1-21-18-8-6-17-19(23)9-7-16(20(17)18)14-3-2-13-11-15(22)5-4-12(13)10-14/h4-9,11,14,18,21-23H,2-3,10H2,1H3. The van der Waals surface area contributed by atoms with Crippen LogP contribution in [0.2, 0.25) is 0 Å². The molecule has 2 atom stereocenters. The van der Waals surface area contributed by atoms with Crippen LogP contribution in [0.5, 0.6) is 11.5 Å². The van der Waals surface area contributed by atoms with Crippen molar-refractivity contribution in [2.75, 3.05) is 7.05 Å². The molecule has 0 fully saturated rings. The lowest BCUT2D eigenvalue weighted by Gasteiger charge is -2.28. The topological polar surface area (TPSA) is 52.5 Å². The molecule has 0 aromatic heterocycles. The maximum atomic E-state index is 10.1. The van der Waals surface area contributed by atoms with Gasteiger partial charge in [-0.15, -0.1) is 0 Å². The molecule has 0 heterocycles. The van der Waals surface area contributed by atoms with E-state index in [1.807, 2.05) is 31.3 Å².